The average Bonchev–Trinajstić information content (AvgIpc) is 2.54. The summed E-state index contributed by atoms with van der Waals surface area (Å²) in [6.45, 7) is 3.56. The molecule has 1 atom stereocenters. The summed E-state index contributed by atoms with van der Waals surface area (Å²) in [6.07, 6.45) is 0. The highest BCUT2D eigenvalue weighted by molar-refractivity contribution is 7.89. The van der Waals surface area contributed by atoms with Crippen molar-refractivity contribution >= 4 is 15.9 Å². The van der Waals surface area contributed by atoms with Crippen LogP contribution in [0.1, 0.15) is 6.92 Å². The van der Waals surface area contributed by atoms with E-state index in [1.807, 2.05) is 0 Å². The first-order valence-corrected chi connectivity index (χ1v) is 8.45. The van der Waals surface area contributed by atoms with Gasteiger partial charge in [0.1, 0.15) is 0 Å². The zero-order valence-electron chi connectivity index (χ0n) is 12.1. The Balaban J connectivity index is 2.03. The molecule has 0 saturated carbocycles. The third-order valence-electron chi connectivity index (χ3n) is 3.71. The molecular formula is C14H21N3O3S. The van der Waals surface area contributed by atoms with Crippen molar-refractivity contribution in [2.75, 3.05) is 32.7 Å². The van der Waals surface area contributed by atoms with Gasteiger partial charge in [0.15, 0.2) is 0 Å². The lowest BCUT2D eigenvalue weighted by atomic mass is 10.1. The molecule has 1 unspecified atom stereocenters. The molecule has 1 aromatic rings. The molecule has 2 rings (SSSR count). The number of amides is 1. The van der Waals surface area contributed by atoms with Gasteiger partial charge < -0.3 is 10.6 Å². The van der Waals surface area contributed by atoms with Gasteiger partial charge in [0.2, 0.25) is 15.9 Å². The summed E-state index contributed by atoms with van der Waals surface area (Å²) in [4.78, 5) is 14.0. The molecule has 1 aliphatic heterocycles. The standard InChI is InChI=1S/C14H21N3O3S/c1-12(11-15)14(18)16-7-9-17(10-8-16)21(19,20)13-5-3-2-4-6-13/h2-6,12H,7-11,15H2,1H3. The van der Waals surface area contributed by atoms with Crippen molar-refractivity contribution in [1.82, 2.24) is 9.21 Å². The van der Waals surface area contributed by atoms with Crippen molar-refractivity contribution in [3.8, 4) is 0 Å². The molecule has 6 nitrogen and oxygen atoms in total. The van der Waals surface area contributed by atoms with Crippen LogP contribution in [0.5, 0.6) is 0 Å². The minimum absolute atomic E-state index is 0.00532. The van der Waals surface area contributed by atoms with Gasteiger partial charge in [-0.3, -0.25) is 4.79 Å². The monoisotopic (exact) mass is 311 g/mol. The van der Waals surface area contributed by atoms with E-state index in [2.05, 4.69) is 0 Å². The van der Waals surface area contributed by atoms with E-state index in [1.165, 1.54) is 4.31 Å². The number of benzene rings is 1. The minimum Gasteiger partial charge on any atom is -0.340 e. The molecule has 1 fully saturated rings. The first kappa shape index (κ1) is 15.9. The largest absolute Gasteiger partial charge is 0.340 e. The number of nitrogens with two attached hydrogens (primary N) is 1. The van der Waals surface area contributed by atoms with Gasteiger partial charge in [0, 0.05) is 38.6 Å². The third-order valence-corrected chi connectivity index (χ3v) is 5.62. The smallest absolute Gasteiger partial charge is 0.243 e. The Morgan fingerprint density at radius 2 is 1.76 bits per heavy atom. The number of carbonyl (C=O) groups excluding carboxylic acids is 1. The summed E-state index contributed by atoms with van der Waals surface area (Å²) in [7, 11) is -3.47. The topological polar surface area (TPSA) is 83.7 Å². The van der Waals surface area contributed by atoms with Crippen molar-refractivity contribution in [3.63, 3.8) is 0 Å². The summed E-state index contributed by atoms with van der Waals surface area (Å²) in [5, 5.41) is 0. The minimum atomic E-state index is -3.47. The van der Waals surface area contributed by atoms with Crippen LogP contribution >= 0.6 is 0 Å². The average molecular weight is 311 g/mol. The number of piperazine rings is 1. The van der Waals surface area contributed by atoms with Gasteiger partial charge in [0.05, 0.1) is 4.90 Å². The maximum absolute atomic E-state index is 12.5. The molecule has 7 heteroatoms. The lowest BCUT2D eigenvalue weighted by Gasteiger charge is -2.35. The summed E-state index contributed by atoms with van der Waals surface area (Å²) in [5.74, 6) is -0.225. The van der Waals surface area contributed by atoms with Crippen LogP contribution < -0.4 is 5.73 Å². The van der Waals surface area contributed by atoms with Crippen LogP contribution in [0.4, 0.5) is 0 Å². The number of hydrogen-bond donors (Lipinski definition) is 1. The SMILES string of the molecule is CC(CN)C(=O)N1CCN(S(=O)(=O)c2ccccc2)CC1. The van der Waals surface area contributed by atoms with Crippen LogP contribution in [-0.2, 0) is 14.8 Å². The van der Waals surface area contributed by atoms with Crippen LogP contribution in [0.2, 0.25) is 0 Å². The Morgan fingerprint density at radius 3 is 2.29 bits per heavy atom. The Bertz CT molecular complexity index is 581. The number of rotatable bonds is 4. The van der Waals surface area contributed by atoms with E-state index in [9.17, 15) is 13.2 Å². The van der Waals surface area contributed by atoms with Crippen molar-refractivity contribution in [2.45, 2.75) is 11.8 Å². The van der Waals surface area contributed by atoms with Gasteiger partial charge in [-0.25, -0.2) is 8.42 Å². The molecular weight excluding hydrogens is 290 g/mol. The van der Waals surface area contributed by atoms with Crippen LogP contribution in [0.3, 0.4) is 0 Å². The first-order chi connectivity index (χ1) is 9.96. The molecule has 2 N–H and O–H groups in total. The summed E-state index contributed by atoms with van der Waals surface area (Å²) >= 11 is 0. The highest BCUT2D eigenvalue weighted by Crippen LogP contribution is 2.17. The maximum atomic E-state index is 12.5. The van der Waals surface area contributed by atoms with E-state index in [1.54, 1.807) is 42.2 Å². The summed E-state index contributed by atoms with van der Waals surface area (Å²) in [5.41, 5.74) is 5.50. The molecule has 116 valence electrons. The second-order valence-corrected chi connectivity index (χ2v) is 7.12. The lowest BCUT2D eigenvalue weighted by molar-refractivity contribution is -0.135. The van der Waals surface area contributed by atoms with Gasteiger partial charge in [0.25, 0.3) is 0 Å². The van der Waals surface area contributed by atoms with Crippen LogP contribution in [0.25, 0.3) is 0 Å². The Kier molecular flexibility index (Phi) is 4.97. The quantitative estimate of drug-likeness (QED) is 0.856. The molecule has 1 amide bonds. The second-order valence-electron chi connectivity index (χ2n) is 5.18. The summed E-state index contributed by atoms with van der Waals surface area (Å²) < 4.78 is 26.3. The van der Waals surface area contributed by atoms with Crippen LogP contribution in [0.15, 0.2) is 35.2 Å². The highest BCUT2D eigenvalue weighted by Gasteiger charge is 2.30. The molecule has 1 aromatic carbocycles. The van der Waals surface area contributed by atoms with Gasteiger partial charge in [-0.05, 0) is 12.1 Å². The fraction of sp³-hybridized carbons (Fsp3) is 0.500. The maximum Gasteiger partial charge on any atom is 0.243 e. The van der Waals surface area contributed by atoms with Gasteiger partial charge >= 0.3 is 0 Å². The molecule has 1 heterocycles. The van der Waals surface area contributed by atoms with Gasteiger partial charge in [-0.15, -0.1) is 0 Å². The molecule has 0 aromatic heterocycles. The molecule has 0 aliphatic carbocycles. The van der Waals surface area contributed by atoms with E-state index < -0.39 is 10.0 Å². The van der Waals surface area contributed by atoms with E-state index >= 15 is 0 Å². The Morgan fingerprint density at radius 1 is 1.19 bits per heavy atom. The molecule has 0 spiro atoms. The van der Waals surface area contributed by atoms with E-state index in [0.717, 1.165) is 0 Å². The number of hydrogen-bond acceptors (Lipinski definition) is 4. The Labute approximate surface area is 125 Å². The van der Waals surface area contributed by atoms with E-state index in [0.29, 0.717) is 37.6 Å². The molecule has 0 radical (unpaired) electrons. The highest BCUT2D eigenvalue weighted by atomic mass is 32.2. The second kappa shape index (κ2) is 6.55. The van der Waals surface area contributed by atoms with E-state index in [4.69, 9.17) is 5.73 Å². The van der Waals surface area contributed by atoms with Crippen LogP contribution in [0, 0.1) is 5.92 Å². The Hall–Kier alpha value is -1.44. The normalized spacial score (nSPS) is 18.5. The zero-order chi connectivity index (χ0) is 15.5. The fourth-order valence-corrected chi connectivity index (χ4v) is 3.75. The predicted molar refractivity (Wildman–Crippen MR) is 80.0 cm³/mol. The lowest BCUT2D eigenvalue weighted by Crippen LogP contribution is -2.52. The zero-order valence-corrected chi connectivity index (χ0v) is 12.9. The van der Waals surface area contributed by atoms with Crippen molar-refractivity contribution in [3.05, 3.63) is 30.3 Å². The molecule has 21 heavy (non-hydrogen) atoms. The van der Waals surface area contributed by atoms with E-state index in [-0.39, 0.29) is 11.8 Å². The third kappa shape index (κ3) is 3.42. The first-order valence-electron chi connectivity index (χ1n) is 7.01. The number of carbonyl (C=O) groups is 1. The van der Waals surface area contributed by atoms with Crippen LogP contribution in [-0.4, -0.2) is 56.3 Å². The van der Waals surface area contributed by atoms with Crippen molar-refractivity contribution in [1.29, 1.82) is 0 Å². The number of nitrogens with zero attached hydrogens (tertiary/aromatic N) is 2. The van der Waals surface area contributed by atoms with Crippen molar-refractivity contribution in [2.24, 2.45) is 11.7 Å². The van der Waals surface area contributed by atoms with Gasteiger partial charge in [-0.1, -0.05) is 25.1 Å². The van der Waals surface area contributed by atoms with Crippen molar-refractivity contribution < 1.29 is 13.2 Å². The summed E-state index contributed by atoms with van der Waals surface area (Å²) in [6, 6.07) is 8.36. The molecule has 0 bridgehead atoms. The molecule has 1 aliphatic rings. The van der Waals surface area contributed by atoms with Gasteiger partial charge in [-0.2, -0.15) is 4.31 Å². The number of sulfonamides is 1. The molecule has 1 saturated heterocycles. The fourth-order valence-electron chi connectivity index (χ4n) is 2.30. The predicted octanol–water partition coefficient (Wildman–Crippen LogP) is 0.114.